The molecule has 2 N–H and O–H groups in total. The van der Waals surface area contributed by atoms with E-state index in [9.17, 15) is 14.3 Å². The molecule has 0 fully saturated rings. The Morgan fingerprint density at radius 1 is 1.25 bits per heavy atom. The number of nitrogens with one attached hydrogen (secondary N) is 1. The van der Waals surface area contributed by atoms with Crippen LogP contribution in [-0.2, 0) is 13.1 Å². The third-order valence-electron chi connectivity index (χ3n) is 4.29. The lowest BCUT2D eigenvalue weighted by Gasteiger charge is -2.11. The third-order valence-corrected chi connectivity index (χ3v) is 4.29. The monoisotopic (exact) mass is 384 g/mol. The molecule has 1 aliphatic heterocycles. The van der Waals surface area contributed by atoms with Gasteiger partial charge in [0.05, 0.1) is 12.7 Å². The first-order chi connectivity index (χ1) is 13.6. The number of rotatable bonds is 6. The minimum atomic E-state index is -1.10. The lowest BCUT2D eigenvalue weighted by atomic mass is 10.1. The van der Waals surface area contributed by atoms with Gasteiger partial charge in [0.25, 0.3) is 5.91 Å². The highest BCUT2D eigenvalue weighted by Crippen LogP contribution is 2.32. The van der Waals surface area contributed by atoms with Gasteiger partial charge in [-0.05, 0) is 23.8 Å². The Morgan fingerprint density at radius 3 is 2.93 bits per heavy atom. The zero-order valence-corrected chi connectivity index (χ0v) is 14.7. The van der Waals surface area contributed by atoms with Crippen LogP contribution in [-0.4, -0.2) is 32.8 Å². The number of carbonyl (C=O) groups excluding carboxylic acids is 1. The largest absolute Gasteiger partial charge is 0.454 e. The average Bonchev–Trinajstić information content (AvgIpc) is 3.35. The highest BCUT2D eigenvalue weighted by atomic mass is 19.1. The molecule has 144 valence electrons. The molecule has 0 spiro atoms. The Kier molecular flexibility index (Phi) is 4.90. The lowest BCUT2D eigenvalue weighted by molar-refractivity contribution is 0.0945. The van der Waals surface area contributed by atoms with Gasteiger partial charge < -0.3 is 19.9 Å². The van der Waals surface area contributed by atoms with Crippen LogP contribution < -0.4 is 14.8 Å². The first-order valence-electron chi connectivity index (χ1n) is 8.59. The van der Waals surface area contributed by atoms with Crippen molar-refractivity contribution in [1.29, 1.82) is 0 Å². The molecule has 9 heteroatoms. The number of aliphatic hydroxyl groups is 1. The number of benzene rings is 2. The number of halogens is 1. The molecule has 1 aromatic heterocycles. The molecule has 4 rings (SSSR count). The summed E-state index contributed by atoms with van der Waals surface area (Å²) in [6, 6.07) is 11.4. The van der Waals surface area contributed by atoms with Crippen LogP contribution in [0.2, 0.25) is 0 Å². The van der Waals surface area contributed by atoms with E-state index < -0.39 is 17.8 Å². The Bertz CT molecular complexity index is 1010. The molecule has 1 atom stereocenters. The fourth-order valence-electron chi connectivity index (χ4n) is 2.84. The number of ether oxygens (including phenoxy) is 2. The van der Waals surface area contributed by atoms with E-state index in [4.69, 9.17) is 9.47 Å². The van der Waals surface area contributed by atoms with Crippen LogP contribution in [0, 0.1) is 5.82 Å². The van der Waals surface area contributed by atoms with Gasteiger partial charge in [0, 0.05) is 12.1 Å². The quantitative estimate of drug-likeness (QED) is 0.673. The molecule has 0 bridgehead atoms. The van der Waals surface area contributed by atoms with E-state index >= 15 is 0 Å². The van der Waals surface area contributed by atoms with Crippen molar-refractivity contribution < 1.29 is 23.8 Å². The SMILES string of the molecule is O=C(NCc1ccc2c(c1)OCO2)c1cn(CC(O)c2ccccc2F)nn1. The van der Waals surface area contributed by atoms with Gasteiger partial charge in [-0.15, -0.1) is 5.10 Å². The van der Waals surface area contributed by atoms with Gasteiger partial charge in [-0.25, -0.2) is 9.07 Å². The fourth-order valence-corrected chi connectivity index (χ4v) is 2.84. The molecule has 0 radical (unpaired) electrons. The van der Waals surface area contributed by atoms with Gasteiger partial charge in [-0.1, -0.05) is 29.5 Å². The van der Waals surface area contributed by atoms with Crippen LogP contribution in [0.5, 0.6) is 11.5 Å². The second-order valence-electron chi connectivity index (χ2n) is 6.23. The molecular formula is C19H17FN4O4. The van der Waals surface area contributed by atoms with Crippen molar-refractivity contribution in [2.24, 2.45) is 0 Å². The van der Waals surface area contributed by atoms with Crippen molar-refractivity contribution >= 4 is 5.91 Å². The molecule has 28 heavy (non-hydrogen) atoms. The molecule has 3 aromatic rings. The first-order valence-corrected chi connectivity index (χ1v) is 8.59. The second kappa shape index (κ2) is 7.65. The summed E-state index contributed by atoms with van der Waals surface area (Å²) in [6.45, 7) is 0.441. The molecule has 1 amide bonds. The van der Waals surface area contributed by atoms with Gasteiger partial charge in [-0.2, -0.15) is 0 Å². The lowest BCUT2D eigenvalue weighted by Crippen LogP contribution is -2.23. The summed E-state index contributed by atoms with van der Waals surface area (Å²) >= 11 is 0. The maximum Gasteiger partial charge on any atom is 0.273 e. The molecule has 8 nitrogen and oxygen atoms in total. The van der Waals surface area contributed by atoms with Crippen molar-refractivity contribution in [3.05, 3.63) is 71.3 Å². The van der Waals surface area contributed by atoms with E-state index in [2.05, 4.69) is 15.6 Å². The number of aromatic nitrogens is 3. The predicted octanol–water partition coefficient (Wildman–Crippen LogP) is 1.81. The van der Waals surface area contributed by atoms with Crippen LogP contribution in [0.15, 0.2) is 48.7 Å². The topological polar surface area (TPSA) is 98.5 Å². The van der Waals surface area contributed by atoms with Crippen LogP contribution in [0.3, 0.4) is 0 Å². The summed E-state index contributed by atoms with van der Waals surface area (Å²) in [4.78, 5) is 12.3. The number of amides is 1. The van der Waals surface area contributed by atoms with Gasteiger partial charge in [0.15, 0.2) is 17.2 Å². The summed E-state index contributed by atoms with van der Waals surface area (Å²) in [5, 5.41) is 20.5. The van der Waals surface area contributed by atoms with Crippen LogP contribution in [0.4, 0.5) is 4.39 Å². The van der Waals surface area contributed by atoms with E-state index in [-0.39, 0.29) is 31.1 Å². The van der Waals surface area contributed by atoms with Crippen molar-refractivity contribution in [1.82, 2.24) is 20.3 Å². The summed E-state index contributed by atoms with van der Waals surface area (Å²) < 4.78 is 25.6. The van der Waals surface area contributed by atoms with Crippen molar-refractivity contribution in [2.45, 2.75) is 19.2 Å². The highest BCUT2D eigenvalue weighted by Gasteiger charge is 2.17. The Balaban J connectivity index is 1.36. The number of hydrogen-bond acceptors (Lipinski definition) is 6. The van der Waals surface area contributed by atoms with E-state index in [0.717, 1.165) is 5.56 Å². The molecule has 0 saturated heterocycles. The van der Waals surface area contributed by atoms with Crippen LogP contribution in [0.1, 0.15) is 27.7 Å². The van der Waals surface area contributed by atoms with Gasteiger partial charge >= 0.3 is 0 Å². The zero-order valence-electron chi connectivity index (χ0n) is 14.7. The minimum Gasteiger partial charge on any atom is -0.454 e. The molecule has 0 saturated carbocycles. The summed E-state index contributed by atoms with van der Waals surface area (Å²) in [6.07, 6.45) is 0.298. The third kappa shape index (κ3) is 3.79. The highest BCUT2D eigenvalue weighted by molar-refractivity contribution is 5.91. The van der Waals surface area contributed by atoms with Crippen molar-refractivity contribution in [2.75, 3.05) is 6.79 Å². The maximum absolute atomic E-state index is 13.7. The van der Waals surface area contributed by atoms with E-state index in [1.54, 1.807) is 24.3 Å². The number of carbonyl (C=O) groups is 1. The van der Waals surface area contributed by atoms with Gasteiger partial charge in [0.1, 0.15) is 11.9 Å². The van der Waals surface area contributed by atoms with Crippen LogP contribution >= 0.6 is 0 Å². The Morgan fingerprint density at radius 2 is 2.07 bits per heavy atom. The number of aliphatic hydroxyl groups excluding tert-OH is 1. The normalized spacial score (nSPS) is 13.4. The van der Waals surface area contributed by atoms with Crippen molar-refractivity contribution in [3.8, 4) is 11.5 Å². The predicted molar refractivity (Wildman–Crippen MR) is 95.1 cm³/mol. The van der Waals surface area contributed by atoms with Gasteiger partial charge in [-0.3, -0.25) is 4.79 Å². The molecular weight excluding hydrogens is 367 g/mol. The van der Waals surface area contributed by atoms with E-state index in [1.165, 1.54) is 23.0 Å². The number of fused-ring (bicyclic) bond motifs is 1. The summed E-state index contributed by atoms with van der Waals surface area (Å²) in [5.74, 6) is 0.396. The van der Waals surface area contributed by atoms with Crippen LogP contribution in [0.25, 0.3) is 0 Å². The summed E-state index contributed by atoms with van der Waals surface area (Å²) in [5.41, 5.74) is 1.10. The number of hydrogen-bond donors (Lipinski definition) is 2. The molecule has 1 unspecified atom stereocenters. The average molecular weight is 384 g/mol. The molecule has 2 aromatic carbocycles. The Hall–Kier alpha value is -3.46. The van der Waals surface area contributed by atoms with Crippen molar-refractivity contribution in [3.63, 3.8) is 0 Å². The van der Waals surface area contributed by atoms with E-state index in [0.29, 0.717) is 11.5 Å². The molecule has 0 aliphatic carbocycles. The Labute approximate surface area is 159 Å². The molecule has 2 heterocycles. The standard InChI is InChI=1S/C19H17FN4O4/c20-14-4-2-1-3-13(14)16(25)10-24-9-15(22-23-24)19(26)21-8-12-5-6-17-18(7-12)28-11-27-17/h1-7,9,16,25H,8,10-11H2,(H,21,26). The fraction of sp³-hybridized carbons (Fsp3) is 0.211. The second-order valence-corrected chi connectivity index (χ2v) is 6.23. The number of nitrogens with zero attached hydrogens (tertiary/aromatic N) is 3. The van der Waals surface area contributed by atoms with Gasteiger partial charge in [0.2, 0.25) is 6.79 Å². The molecule has 1 aliphatic rings. The minimum absolute atomic E-state index is 0.0244. The smallest absolute Gasteiger partial charge is 0.273 e. The summed E-state index contributed by atoms with van der Waals surface area (Å²) in [7, 11) is 0. The van der Waals surface area contributed by atoms with E-state index in [1.807, 2.05) is 6.07 Å². The maximum atomic E-state index is 13.7. The zero-order chi connectivity index (χ0) is 19.5. The first kappa shape index (κ1) is 17.9.